The van der Waals surface area contributed by atoms with Crippen molar-refractivity contribution < 1.29 is 10.0 Å². The first-order valence-corrected chi connectivity index (χ1v) is 3.57. The van der Waals surface area contributed by atoms with E-state index < -0.39 is 0 Å². The van der Waals surface area contributed by atoms with E-state index in [-0.39, 0.29) is 0 Å². The number of oxime groups is 2. The van der Waals surface area contributed by atoms with Crippen molar-refractivity contribution in [2.45, 2.75) is 20.8 Å². The van der Waals surface area contributed by atoms with Gasteiger partial charge in [0.25, 0.3) is 0 Å². The van der Waals surface area contributed by atoms with Gasteiger partial charge >= 0.3 is 0 Å². The third-order valence-corrected chi connectivity index (χ3v) is 1.14. The van der Waals surface area contributed by atoms with Gasteiger partial charge in [0.1, 0.15) is 18.5 Å². The van der Waals surface area contributed by atoms with Crippen molar-refractivity contribution >= 4 is 11.4 Å². The molecule has 0 aliphatic heterocycles. The van der Waals surface area contributed by atoms with Crippen LogP contribution in [0.2, 0.25) is 0 Å². The molecule has 0 aromatic heterocycles. The van der Waals surface area contributed by atoms with Gasteiger partial charge in [-0.2, -0.15) is 0 Å². The molecule has 12 heavy (non-hydrogen) atoms. The first-order chi connectivity index (χ1) is 5.61. The molecule has 0 unspecified atom stereocenters. The first kappa shape index (κ1) is 10.7. The fraction of sp³-hybridized carbons (Fsp3) is 0.500. The average molecular weight is 170 g/mol. The van der Waals surface area contributed by atoms with E-state index in [0.29, 0.717) is 11.4 Å². The Labute approximate surface area is 72.2 Å². The van der Waals surface area contributed by atoms with E-state index in [0.717, 1.165) is 5.57 Å². The van der Waals surface area contributed by atoms with E-state index >= 15 is 0 Å². The lowest BCUT2D eigenvalue weighted by molar-refractivity contribution is 0.214. The SMILES string of the molecule is CO/N=C(C=C(C)C)\C(C)=N/O. The van der Waals surface area contributed by atoms with Gasteiger partial charge in [0.2, 0.25) is 0 Å². The van der Waals surface area contributed by atoms with Gasteiger partial charge in [0.15, 0.2) is 0 Å². The van der Waals surface area contributed by atoms with Crippen LogP contribution in [0.5, 0.6) is 0 Å². The maximum Gasteiger partial charge on any atom is 0.127 e. The van der Waals surface area contributed by atoms with E-state index in [4.69, 9.17) is 5.21 Å². The Kier molecular flexibility index (Phi) is 4.76. The second-order valence-corrected chi connectivity index (χ2v) is 2.57. The van der Waals surface area contributed by atoms with Crippen LogP contribution in [0, 0.1) is 0 Å². The highest BCUT2D eigenvalue weighted by Crippen LogP contribution is 1.94. The third kappa shape index (κ3) is 3.75. The van der Waals surface area contributed by atoms with Crippen LogP contribution in [0.25, 0.3) is 0 Å². The van der Waals surface area contributed by atoms with E-state index in [2.05, 4.69) is 15.1 Å². The van der Waals surface area contributed by atoms with Crippen LogP contribution >= 0.6 is 0 Å². The van der Waals surface area contributed by atoms with Crippen LogP contribution < -0.4 is 0 Å². The molecule has 4 heteroatoms. The van der Waals surface area contributed by atoms with Gasteiger partial charge in [-0.3, -0.25) is 0 Å². The molecule has 0 amide bonds. The second-order valence-electron chi connectivity index (χ2n) is 2.57. The summed E-state index contributed by atoms with van der Waals surface area (Å²) in [6.07, 6.45) is 1.78. The smallest absolute Gasteiger partial charge is 0.127 e. The Morgan fingerprint density at radius 3 is 2.25 bits per heavy atom. The maximum absolute atomic E-state index is 8.47. The fourth-order valence-electron chi connectivity index (χ4n) is 0.620. The molecule has 4 nitrogen and oxygen atoms in total. The van der Waals surface area contributed by atoms with E-state index in [1.54, 1.807) is 13.0 Å². The highest BCUT2D eigenvalue weighted by molar-refractivity contribution is 6.45. The van der Waals surface area contributed by atoms with Crippen LogP contribution in [0.15, 0.2) is 22.0 Å². The zero-order chi connectivity index (χ0) is 9.56. The van der Waals surface area contributed by atoms with Crippen molar-refractivity contribution in [3.8, 4) is 0 Å². The summed E-state index contributed by atoms with van der Waals surface area (Å²) in [4.78, 5) is 4.58. The summed E-state index contributed by atoms with van der Waals surface area (Å²) in [6.45, 7) is 5.50. The predicted molar refractivity (Wildman–Crippen MR) is 48.8 cm³/mol. The maximum atomic E-state index is 8.47. The average Bonchev–Trinajstić information content (AvgIpc) is 2.01. The highest BCUT2D eigenvalue weighted by Gasteiger charge is 2.00. The van der Waals surface area contributed by atoms with Gasteiger partial charge in [-0.15, -0.1) is 0 Å². The summed E-state index contributed by atoms with van der Waals surface area (Å²) < 4.78 is 0. The molecule has 0 aromatic carbocycles. The third-order valence-electron chi connectivity index (χ3n) is 1.14. The second kappa shape index (κ2) is 5.35. The Morgan fingerprint density at radius 1 is 1.33 bits per heavy atom. The van der Waals surface area contributed by atoms with Crippen LogP contribution in [-0.2, 0) is 4.84 Å². The van der Waals surface area contributed by atoms with Gasteiger partial charge in [-0.1, -0.05) is 15.9 Å². The van der Waals surface area contributed by atoms with Gasteiger partial charge in [0.05, 0.1) is 0 Å². The van der Waals surface area contributed by atoms with Crippen molar-refractivity contribution in [2.24, 2.45) is 10.3 Å². The minimum Gasteiger partial charge on any atom is -0.411 e. The summed E-state index contributed by atoms with van der Waals surface area (Å²) >= 11 is 0. The number of nitrogens with zero attached hydrogens (tertiary/aromatic N) is 2. The summed E-state index contributed by atoms with van der Waals surface area (Å²) in [5, 5.41) is 15.2. The minimum absolute atomic E-state index is 0.429. The predicted octanol–water partition coefficient (Wildman–Crippen LogP) is 1.81. The van der Waals surface area contributed by atoms with Crippen molar-refractivity contribution in [1.29, 1.82) is 0 Å². The number of allylic oxidation sites excluding steroid dienone is 2. The van der Waals surface area contributed by atoms with E-state index in [1.807, 2.05) is 13.8 Å². The minimum atomic E-state index is 0.429. The molecule has 0 atom stereocenters. The molecule has 0 aliphatic rings. The van der Waals surface area contributed by atoms with E-state index in [1.165, 1.54) is 7.11 Å². The molecule has 0 saturated carbocycles. The topological polar surface area (TPSA) is 54.2 Å². The van der Waals surface area contributed by atoms with Crippen molar-refractivity contribution in [3.05, 3.63) is 11.6 Å². The first-order valence-electron chi connectivity index (χ1n) is 3.57. The molecular weight excluding hydrogens is 156 g/mol. The lowest BCUT2D eigenvalue weighted by Crippen LogP contribution is -2.08. The highest BCUT2D eigenvalue weighted by atomic mass is 16.6. The fourth-order valence-corrected chi connectivity index (χ4v) is 0.620. The largest absolute Gasteiger partial charge is 0.411 e. The Bertz CT molecular complexity index is 225. The van der Waals surface area contributed by atoms with Crippen molar-refractivity contribution in [1.82, 2.24) is 0 Å². The molecule has 68 valence electrons. The molecule has 0 bridgehead atoms. The van der Waals surface area contributed by atoms with Crippen molar-refractivity contribution in [3.63, 3.8) is 0 Å². The van der Waals surface area contributed by atoms with E-state index in [9.17, 15) is 0 Å². The van der Waals surface area contributed by atoms with Crippen LogP contribution in [0.1, 0.15) is 20.8 Å². The van der Waals surface area contributed by atoms with Gasteiger partial charge in [-0.05, 0) is 26.8 Å². The molecule has 0 saturated heterocycles. The van der Waals surface area contributed by atoms with Gasteiger partial charge in [-0.25, -0.2) is 0 Å². The normalized spacial score (nSPS) is 12.7. The summed E-state index contributed by atoms with van der Waals surface area (Å²) in [5.41, 5.74) is 2.02. The van der Waals surface area contributed by atoms with Gasteiger partial charge in [0, 0.05) is 0 Å². The van der Waals surface area contributed by atoms with Crippen LogP contribution in [-0.4, -0.2) is 23.7 Å². The van der Waals surface area contributed by atoms with Crippen molar-refractivity contribution in [2.75, 3.05) is 7.11 Å². The number of hydrogen-bond acceptors (Lipinski definition) is 4. The Morgan fingerprint density at radius 2 is 1.92 bits per heavy atom. The van der Waals surface area contributed by atoms with Crippen LogP contribution in [0.4, 0.5) is 0 Å². The molecule has 0 fully saturated rings. The Hall–Kier alpha value is -1.32. The molecular formula is C8H14N2O2. The zero-order valence-electron chi connectivity index (χ0n) is 7.83. The Balaban J connectivity index is 4.69. The van der Waals surface area contributed by atoms with Crippen LogP contribution in [0.3, 0.4) is 0 Å². The summed E-state index contributed by atoms with van der Waals surface area (Å²) in [7, 11) is 1.45. The van der Waals surface area contributed by atoms with Gasteiger partial charge < -0.3 is 10.0 Å². The standard InChI is InChI=1S/C8H14N2O2/c1-6(2)5-8(10-12-4)7(3)9-11/h5,11H,1-4H3/b9-7-,10-8-. The quantitative estimate of drug-likeness (QED) is 0.399. The molecule has 0 radical (unpaired) electrons. The summed E-state index contributed by atoms with van der Waals surface area (Å²) in [6, 6.07) is 0. The summed E-state index contributed by atoms with van der Waals surface area (Å²) in [5.74, 6) is 0. The monoisotopic (exact) mass is 170 g/mol. The number of rotatable bonds is 3. The lowest BCUT2D eigenvalue weighted by atomic mass is 10.2. The molecule has 0 rings (SSSR count). The lowest BCUT2D eigenvalue weighted by Gasteiger charge is -1.97. The number of hydrogen-bond donors (Lipinski definition) is 1. The zero-order valence-corrected chi connectivity index (χ0v) is 7.83. The molecule has 0 heterocycles. The molecule has 0 aromatic rings. The molecule has 0 spiro atoms. The molecule has 1 N–H and O–H groups in total. The molecule has 0 aliphatic carbocycles.